The second-order valence-corrected chi connectivity index (χ2v) is 3.39. The second kappa shape index (κ2) is 3.57. The fourth-order valence-electron chi connectivity index (χ4n) is 1.89. The Kier molecular flexibility index (Phi) is 2.26. The van der Waals surface area contributed by atoms with E-state index in [2.05, 4.69) is 21.6 Å². The van der Waals surface area contributed by atoms with Crippen LogP contribution in [0.4, 0.5) is 0 Å². The van der Waals surface area contributed by atoms with Crippen LogP contribution in [0, 0.1) is 11.8 Å². The number of hydrogen-bond acceptors (Lipinski definition) is 2. The highest BCUT2D eigenvalue weighted by molar-refractivity contribution is 5.06. The highest BCUT2D eigenvalue weighted by Gasteiger charge is 2.25. The minimum absolute atomic E-state index is 0.991. The summed E-state index contributed by atoms with van der Waals surface area (Å²) >= 11 is 0. The Bertz CT molecular complexity index is 211. The molecule has 1 saturated carbocycles. The fourth-order valence-corrected chi connectivity index (χ4v) is 1.89. The number of rotatable bonds is 0. The Hall–Kier alpha value is -1.05. The number of aromatic nitrogens is 1. The van der Waals surface area contributed by atoms with Crippen LogP contribution in [-0.4, -0.2) is 4.98 Å². The van der Waals surface area contributed by atoms with E-state index in [1.165, 1.54) is 31.9 Å². The number of oxazole rings is 1. The van der Waals surface area contributed by atoms with Gasteiger partial charge in [0.25, 0.3) is 0 Å². The largest absolute Gasteiger partial charge is 0.452 e. The summed E-state index contributed by atoms with van der Waals surface area (Å²) < 4.78 is 4.47. The number of fused-ring (bicyclic) bond motifs is 2. The lowest BCUT2D eigenvalue weighted by Gasteiger charge is -1.96. The maximum absolute atomic E-state index is 4.47. The minimum atomic E-state index is 0.991. The summed E-state index contributed by atoms with van der Waals surface area (Å²) in [5.74, 6) is 1.98. The average Bonchev–Trinajstić information content (AvgIpc) is 2.86. The van der Waals surface area contributed by atoms with E-state index in [0.717, 1.165) is 11.8 Å². The molecule has 1 fully saturated rings. The van der Waals surface area contributed by atoms with E-state index in [1.807, 2.05) is 0 Å². The highest BCUT2D eigenvalue weighted by Crippen LogP contribution is 2.38. The molecule has 1 aromatic rings. The van der Waals surface area contributed by atoms with Gasteiger partial charge in [-0.1, -0.05) is 12.2 Å². The van der Waals surface area contributed by atoms with Crippen molar-refractivity contribution >= 4 is 0 Å². The van der Waals surface area contributed by atoms with Crippen LogP contribution >= 0.6 is 0 Å². The van der Waals surface area contributed by atoms with Gasteiger partial charge in [-0.3, -0.25) is 0 Å². The van der Waals surface area contributed by atoms with E-state index in [9.17, 15) is 0 Å². The first-order valence-electron chi connectivity index (χ1n) is 4.45. The van der Waals surface area contributed by atoms with Crippen molar-refractivity contribution in [3.05, 3.63) is 31.0 Å². The molecule has 2 unspecified atom stereocenters. The molecule has 0 amide bonds. The maximum Gasteiger partial charge on any atom is 0.180 e. The number of nitrogens with zero attached hydrogens (tertiary/aromatic N) is 1. The molecule has 2 bridgehead atoms. The molecule has 1 aromatic heterocycles. The first kappa shape index (κ1) is 7.59. The molecule has 2 aliphatic rings. The lowest BCUT2D eigenvalue weighted by molar-refractivity contribution is 0.558. The van der Waals surface area contributed by atoms with Gasteiger partial charge < -0.3 is 4.42 Å². The van der Waals surface area contributed by atoms with Gasteiger partial charge in [-0.05, 0) is 31.1 Å². The Morgan fingerprint density at radius 2 is 1.92 bits per heavy atom. The van der Waals surface area contributed by atoms with Crippen LogP contribution in [-0.2, 0) is 0 Å². The van der Waals surface area contributed by atoms with Gasteiger partial charge in [0, 0.05) is 0 Å². The molecule has 0 saturated heterocycles. The Balaban J connectivity index is 0.000000100. The van der Waals surface area contributed by atoms with Crippen molar-refractivity contribution in [1.29, 1.82) is 0 Å². The van der Waals surface area contributed by atoms with Crippen LogP contribution in [0.2, 0.25) is 0 Å². The molecule has 2 heteroatoms. The van der Waals surface area contributed by atoms with Gasteiger partial charge in [0.2, 0.25) is 0 Å². The monoisotopic (exact) mass is 163 g/mol. The third-order valence-corrected chi connectivity index (χ3v) is 2.52. The number of hydrogen-bond donors (Lipinski definition) is 0. The molecular weight excluding hydrogens is 150 g/mol. The van der Waals surface area contributed by atoms with Crippen molar-refractivity contribution in [2.45, 2.75) is 19.3 Å². The fraction of sp³-hybridized carbons (Fsp3) is 0.500. The van der Waals surface area contributed by atoms with E-state index in [4.69, 9.17) is 0 Å². The van der Waals surface area contributed by atoms with Gasteiger partial charge in [-0.25, -0.2) is 4.98 Å². The van der Waals surface area contributed by atoms with Crippen molar-refractivity contribution in [1.82, 2.24) is 4.98 Å². The predicted molar refractivity (Wildman–Crippen MR) is 46.5 cm³/mol. The molecule has 64 valence electrons. The molecule has 2 nitrogen and oxygen atoms in total. The smallest absolute Gasteiger partial charge is 0.180 e. The predicted octanol–water partition coefficient (Wildman–Crippen LogP) is 2.65. The van der Waals surface area contributed by atoms with Crippen LogP contribution in [0.25, 0.3) is 0 Å². The zero-order valence-electron chi connectivity index (χ0n) is 7.02. The molecule has 2 atom stereocenters. The van der Waals surface area contributed by atoms with Crippen molar-refractivity contribution in [2.24, 2.45) is 11.8 Å². The second-order valence-electron chi connectivity index (χ2n) is 3.39. The third-order valence-electron chi connectivity index (χ3n) is 2.52. The molecule has 0 N–H and O–H groups in total. The van der Waals surface area contributed by atoms with Crippen LogP contribution in [0.15, 0.2) is 35.4 Å². The standard InChI is InChI=1S/C7H10.C3H3NO/c1-2-7-4-3-6(1)5-7;1-2-5-3-4-1/h1-2,6-7H,3-5H2;1-3H. The summed E-state index contributed by atoms with van der Waals surface area (Å²) in [6, 6.07) is 0. The van der Waals surface area contributed by atoms with Gasteiger partial charge in [-0.15, -0.1) is 0 Å². The third kappa shape index (κ3) is 1.76. The molecule has 0 radical (unpaired) electrons. The maximum atomic E-state index is 4.47. The van der Waals surface area contributed by atoms with Gasteiger partial charge in [0.05, 0.1) is 6.20 Å². The zero-order chi connectivity index (χ0) is 8.23. The Morgan fingerprint density at radius 1 is 1.17 bits per heavy atom. The van der Waals surface area contributed by atoms with Crippen LogP contribution < -0.4 is 0 Å². The summed E-state index contributed by atoms with van der Waals surface area (Å²) in [5.41, 5.74) is 0. The minimum Gasteiger partial charge on any atom is -0.452 e. The summed E-state index contributed by atoms with van der Waals surface area (Å²) in [6.45, 7) is 0. The van der Waals surface area contributed by atoms with Crippen molar-refractivity contribution in [3.63, 3.8) is 0 Å². The summed E-state index contributed by atoms with van der Waals surface area (Å²) in [7, 11) is 0. The van der Waals surface area contributed by atoms with Gasteiger partial charge in [0.15, 0.2) is 6.39 Å². The molecule has 12 heavy (non-hydrogen) atoms. The SMILES string of the molecule is C1=CC2CCC1C2.c1cocn1. The summed E-state index contributed by atoms with van der Waals surface area (Å²) in [5, 5.41) is 0. The first-order chi connectivity index (χ1) is 5.95. The molecule has 0 spiro atoms. The van der Waals surface area contributed by atoms with Gasteiger partial charge in [-0.2, -0.15) is 0 Å². The van der Waals surface area contributed by atoms with Gasteiger partial charge >= 0.3 is 0 Å². The van der Waals surface area contributed by atoms with Crippen LogP contribution in [0.5, 0.6) is 0 Å². The lowest BCUT2D eigenvalue weighted by Crippen LogP contribution is -1.82. The molecule has 3 rings (SSSR count). The summed E-state index contributed by atoms with van der Waals surface area (Å²) in [6.07, 6.45) is 13.7. The first-order valence-corrected chi connectivity index (χ1v) is 4.45. The molecule has 0 aliphatic heterocycles. The van der Waals surface area contributed by atoms with Crippen LogP contribution in [0.3, 0.4) is 0 Å². The quantitative estimate of drug-likeness (QED) is 0.549. The molecule has 0 aromatic carbocycles. The van der Waals surface area contributed by atoms with E-state index < -0.39 is 0 Å². The topological polar surface area (TPSA) is 26.0 Å². The zero-order valence-corrected chi connectivity index (χ0v) is 7.02. The van der Waals surface area contributed by atoms with Crippen LogP contribution in [0.1, 0.15) is 19.3 Å². The Labute approximate surface area is 72.3 Å². The average molecular weight is 163 g/mol. The lowest BCUT2D eigenvalue weighted by atomic mass is 10.1. The normalized spacial score (nSPS) is 30.0. The highest BCUT2D eigenvalue weighted by atomic mass is 16.3. The van der Waals surface area contributed by atoms with E-state index in [-0.39, 0.29) is 0 Å². The molecule has 1 heterocycles. The van der Waals surface area contributed by atoms with E-state index in [0.29, 0.717) is 0 Å². The molecule has 2 aliphatic carbocycles. The van der Waals surface area contributed by atoms with Gasteiger partial charge in [0.1, 0.15) is 6.26 Å². The van der Waals surface area contributed by atoms with E-state index >= 15 is 0 Å². The van der Waals surface area contributed by atoms with E-state index in [1.54, 1.807) is 6.20 Å². The number of allylic oxidation sites excluding steroid dienone is 2. The summed E-state index contributed by atoms with van der Waals surface area (Å²) in [4.78, 5) is 3.56. The Morgan fingerprint density at radius 3 is 2.08 bits per heavy atom. The molecular formula is C10H13NO. The van der Waals surface area contributed by atoms with Crippen molar-refractivity contribution in [2.75, 3.05) is 0 Å². The van der Waals surface area contributed by atoms with Crippen molar-refractivity contribution in [3.8, 4) is 0 Å². The van der Waals surface area contributed by atoms with Crippen molar-refractivity contribution < 1.29 is 4.42 Å².